The Balaban J connectivity index is 1.51. The molecule has 1 saturated carbocycles. The van der Waals surface area contributed by atoms with Gasteiger partial charge in [-0.2, -0.15) is 0 Å². The highest BCUT2D eigenvalue weighted by atomic mass is 19.1. The summed E-state index contributed by atoms with van der Waals surface area (Å²) in [5, 5.41) is 8.10. The number of hydrogen-bond acceptors (Lipinski definition) is 3. The van der Waals surface area contributed by atoms with Crippen molar-refractivity contribution in [1.29, 1.82) is 0 Å². The van der Waals surface area contributed by atoms with Gasteiger partial charge in [0, 0.05) is 18.2 Å². The fraction of sp³-hybridized carbons (Fsp3) is 0.250. The van der Waals surface area contributed by atoms with Gasteiger partial charge in [0.2, 0.25) is 0 Å². The van der Waals surface area contributed by atoms with Crippen LogP contribution in [0.3, 0.4) is 0 Å². The molecule has 1 aliphatic carbocycles. The maximum absolute atomic E-state index is 14.0. The molecule has 0 radical (unpaired) electrons. The van der Waals surface area contributed by atoms with E-state index in [-0.39, 0.29) is 24.3 Å². The first-order chi connectivity index (χ1) is 12.7. The number of aromatic nitrogens is 3. The van der Waals surface area contributed by atoms with Crippen LogP contribution in [0.4, 0.5) is 4.39 Å². The van der Waals surface area contributed by atoms with Gasteiger partial charge in [-0.25, -0.2) is 9.07 Å². The summed E-state index contributed by atoms with van der Waals surface area (Å²) in [6.07, 6.45) is 3.54. The maximum Gasteiger partial charge on any atom is 0.276 e. The molecular formula is C20H19FN4O. The Morgan fingerprint density at radius 3 is 2.58 bits per heavy atom. The van der Waals surface area contributed by atoms with Gasteiger partial charge >= 0.3 is 0 Å². The van der Waals surface area contributed by atoms with Crippen molar-refractivity contribution in [3.8, 4) is 0 Å². The maximum atomic E-state index is 14.0. The van der Waals surface area contributed by atoms with E-state index in [2.05, 4.69) is 10.3 Å². The van der Waals surface area contributed by atoms with Gasteiger partial charge in [-0.05, 0) is 24.5 Å². The molecule has 0 bridgehead atoms. The smallest absolute Gasteiger partial charge is 0.276 e. The highest BCUT2D eigenvalue weighted by Gasteiger charge is 2.34. The molecule has 0 saturated heterocycles. The lowest BCUT2D eigenvalue weighted by atomic mass is 10.2. The molecule has 1 heterocycles. The largest absolute Gasteiger partial charge is 0.330 e. The molecule has 0 spiro atoms. The summed E-state index contributed by atoms with van der Waals surface area (Å²) in [6.45, 7) is 0.805. The molecule has 6 heteroatoms. The number of carbonyl (C=O) groups excluding carboxylic acids is 1. The summed E-state index contributed by atoms with van der Waals surface area (Å²) in [5.41, 5.74) is 1.90. The number of hydrogen-bond donors (Lipinski definition) is 0. The Kier molecular flexibility index (Phi) is 4.48. The van der Waals surface area contributed by atoms with Gasteiger partial charge in [0.15, 0.2) is 5.69 Å². The van der Waals surface area contributed by atoms with Gasteiger partial charge < -0.3 is 4.90 Å². The summed E-state index contributed by atoms with van der Waals surface area (Å²) in [6, 6.07) is 16.6. The Labute approximate surface area is 151 Å². The fourth-order valence-corrected chi connectivity index (χ4v) is 2.95. The van der Waals surface area contributed by atoms with E-state index in [4.69, 9.17) is 0 Å². The van der Waals surface area contributed by atoms with Gasteiger partial charge in [-0.15, -0.1) is 5.10 Å². The molecule has 1 aromatic heterocycles. The van der Waals surface area contributed by atoms with Crippen LogP contribution in [0, 0.1) is 5.82 Å². The van der Waals surface area contributed by atoms with E-state index in [1.165, 1.54) is 6.07 Å². The van der Waals surface area contributed by atoms with Gasteiger partial charge in [-0.1, -0.05) is 53.7 Å². The highest BCUT2D eigenvalue weighted by molar-refractivity contribution is 5.92. The first kappa shape index (κ1) is 16.4. The molecule has 0 aliphatic heterocycles. The summed E-state index contributed by atoms with van der Waals surface area (Å²) in [5.74, 6) is -0.492. The standard InChI is InChI=1S/C20H19FN4O/c21-18-9-5-4-8-16(18)13-25(17-10-11-17)20(26)19-14-24(23-22-19)12-15-6-2-1-3-7-15/h1-9,14,17H,10-13H2. The normalized spacial score (nSPS) is 13.6. The van der Waals surface area contributed by atoms with Gasteiger partial charge in [0.05, 0.1) is 12.7 Å². The minimum atomic E-state index is -0.293. The molecule has 0 unspecified atom stereocenters. The third-order valence-corrected chi connectivity index (χ3v) is 4.49. The Bertz CT molecular complexity index is 905. The monoisotopic (exact) mass is 350 g/mol. The Morgan fingerprint density at radius 2 is 1.85 bits per heavy atom. The summed E-state index contributed by atoms with van der Waals surface area (Å²) in [7, 11) is 0. The number of amides is 1. The molecule has 0 atom stereocenters. The minimum absolute atomic E-state index is 0.154. The van der Waals surface area contributed by atoms with Crippen LogP contribution in [0.25, 0.3) is 0 Å². The molecule has 1 amide bonds. The minimum Gasteiger partial charge on any atom is -0.330 e. The molecule has 5 nitrogen and oxygen atoms in total. The van der Waals surface area contributed by atoms with Crippen LogP contribution in [0.1, 0.15) is 34.5 Å². The van der Waals surface area contributed by atoms with Gasteiger partial charge in [0.1, 0.15) is 5.82 Å². The zero-order valence-electron chi connectivity index (χ0n) is 14.3. The average molecular weight is 350 g/mol. The predicted molar refractivity (Wildman–Crippen MR) is 94.9 cm³/mol. The lowest BCUT2D eigenvalue weighted by Crippen LogP contribution is -2.33. The molecule has 0 N–H and O–H groups in total. The van der Waals surface area contributed by atoms with Crippen LogP contribution in [0.2, 0.25) is 0 Å². The van der Waals surface area contributed by atoms with Crippen molar-refractivity contribution in [3.05, 3.63) is 83.4 Å². The molecule has 2 aromatic carbocycles. The Hall–Kier alpha value is -3.02. The van der Waals surface area contributed by atoms with E-state index in [1.807, 2.05) is 30.3 Å². The highest BCUT2D eigenvalue weighted by Crippen LogP contribution is 2.30. The van der Waals surface area contributed by atoms with Gasteiger partial charge in [0.25, 0.3) is 5.91 Å². The van der Waals surface area contributed by atoms with E-state index >= 15 is 0 Å². The molecule has 1 fully saturated rings. The van der Waals surface area contributed by atoms with Crippen molar-refractivity contribution < 1.29 is 9.18 Å². The second-order valence-electron chi connectivity index (χ2n) is 6.54. The molecule has 3 aromatic rings. The average Bonchev–Trinajstić information content (AvgIpc) is 3.40. The topological polar surface area (TPSA) is 51.0 Å². The quantitative estimate of drug-likeness (QED) is 0.686. The van der Waals surface area contributed by atoms with Crippen LogP contribution < -0.4 is 0 Å². The molecule has 1 aliphatic rings. The second-order valence-corrected chi connectivity index (χ2v) is 6.54. The third kappa shape index (κ3) is 3.64. The third-order valence-electron chi connectivity index (χ3n) is 4.49. The van der Waals surface area contributed by atoms with Crippen LogP contribution in [-0.2, 0) is 13.1 Å². The molecule has 26 heavy (non-hydrogen) atoms. The van der Waals surface area contributed by atoms with E-state index in [0.29, 0.717) is 17.8 Å². The van der Waals surface area contributed by atoms with E-state index in [9.17, 15) is 9.18 Å². The van der Waals surface area contributed by atoms with Crippen molar-refractivity contribution in [1.82, 2.24) is 19.9 Å². The summed E-state index contributed by atoms with van der Waals surface area (Å²) in [4.78, 5) is 14.6. The van der Waals surface area contributed by atoms with Crippen LogP contribution in [0.15, 0.2) is 60.8 Å². The van der Waals surface area contributed by atoms with Crippen molar-refractivity contribution in [2.45, 2.75) is 32.0 Å². The summed E-state index contributed by atoms with van der Waals surface area (Å²) >= 11 is 0. The summed E-state index contributed by atoms with van der Waals surface area (Å²) < 4.78 is 15.6. The first-order valence-corrected chi connectivity index (χ1v) is 8.69. The van der Waals surface area contributed by atoms with Crippen LogP contribution in [-0.4, -0.2) is 31.8 Å². The molecule has 132 valence electrons. The van der Waals surface area contributed by atoms with Crippen molar-refractivity contribution >= 4 is 5.91 Å². The predicted octanol–water partition coefficient (Wildman–Crippen LogP) is 3.27. The van der Waals surface area contributed by atoms with Crippen molar-refractivity contribution in [2.24, 2.45) is 0 Å². The zero-order chi connectivity index (χ0) is 17.9. The second kappa shape index (κ2) is 7.07. The van der Waals surface area contributed by atoms with Crippen LogP contribution in [0.5, 0.6) is 0 Å². The van der Waals surface area contributed by atoms with Crippen molar-refractivity contribution in [2.75, 3.05) is 0 Å². The zero-order valence-corrected chi connectivity index (χ0v) is 14.3. The number of carbonyl (C=O) groups is 1. The fourth-order valence-electron chi connectivity index (χ4n) is 2.95. The lowest BCUT2D eigenvalue weighted by Gasteiger charge is -2.21. The number of rotatable bonds is 6. The van der Waals surface area contributed by atoms with Crippen LogP contribution >= 0.6 is 0 Å². The Morgan fingerprint density at radius 1 is 1.12 bits per heavy atom. The molecule has 4 rings (SSSR count). The lowest BCUT2D eigenvalue weighted by molar-refractivity contribution is 0.0722. The number of benzene rings is 2. The van der Waals surface area contributed by atoms with Crippen molar-refractivity contribution in [3.63, 3.8) is 0 Å². The van der Waals surface area contributed by atoms with E-state index in [0.717, 1.165) is 18.4 Å². The number of nitrogens with zero attached hydrogens (tertiary/aromatic N) is 4. The van der Waals surface area contributed by atoms with E-state index < -0.39 is 0 Å². The number of halogens is 1. The van der Waals surface area contributed by atoms with E-state index in [1.54, 1.807) is 34.0 Å². The van der Waals surface area contributed by atoms with Gasteiger partial charge in [-0.3, -0.25) is 4.79 Å². The SMILES string of the molecule is O=C(c1cn(Cc2ccccc2)nn1)N(Cc1ccccc1F)C1CC1. The first-order valence-electron chi connectivity index (χ1n) is 8.69. The molecular weight excluding hydrogens is 331 g/mol.